The molecule has 1 aliphatic rings. The number of thioether (sulfide) groups is 1. The Bertz CT molecular complexity index is 577. The van der Waals surface area contributed by atoms with Crippen molar-refractivity contribution in [1.29, 1.82) is 0 Å². The Labute approximate surface area is 129 Å². The minimum Gasteiger partial charge on any atom is -0.377 e. The van der Waals surface area contributed by atoms with E-state index in [4.69, 9.17) is 4.74 Å². The van der Waals surface area contributed by atoms with E-state index in [1.54, 1.807) is 12.1 Å². The van der Waals surface area contributed by atoms with Crippen molar-refractivity contribution in [2.24, 2.45) is 0 Å². The Morgan fingerprint density at radius 3 is 2.67 bits per heavy atom. The molecule has 5 nitrogen and oxygen atoms in total. The normalized spacial score (nSPS) is 18.6. The second kappa shape index (κ2) is 7.29. The lowest BCUT2D eigenvalue weighted by molar-refractivity contribution is -0.113. The lowest BCUT2D eigenvalue weighted by Crippen LogP contribution is -2.20. The highest BCUT2D eigenvalue weighted by Gasteiger charge is 2.24. The Morgan fingerprint density at radius 2 is 2.10 bits per heavy atom. The molecule has 7 heteroatoms. The van der Waals surface area contributed by atoms with Crippen LogP contribution in [0.2, 0.25) is 0 Å². The number of rotatable bonds is 6. The van der Waals surface area contributed by atoms with E-state index in [0.29, 0.717) is 18.0 Å². The van der Waals surface area contributed by atoms with Gasteiger partial charge in [0.05, 0.1) is 22.5 Å². The van der Waals surface area contributed by atoms with E-state index in [9.17, 15) is 13.2 Å². The van der Waals surface area contributed by atoms with Crippen LogP contribution < -0.4 is 5.32 Å². The smallest absolute Gasteiger partial charge is 0.234 e. The van der Waals surface area contributed by atoms with Crippen LogP contribution >= 0.6 is 11.8 Å². The summed E-state index contributed by atoms with van der Waals surface area (Å²) in [4.78, 5) is 11.7. The number of ether oxygens (including phenoxy) is 1. The highest BCUT2D eigenvalue weighted by Crippen LogP contribution is 2.20. The van der Waals surface area contributed by atoms with Crippen LogP contribution in [-0.4, -0.2) is 44.8 Å². The molecule has 1 fully saturated rings. The lowest BCUT2D eigenvalue weighted by atomic mass is 10.3. The van der Waals surface area contributed by atoms with Gasteiger partial charge in [0.15, 0.2) is 9.84 Å². The van der Waals surface area contributed by atoms with Gasteiger partial charge in [0, 0.05) is 12.3 Å². The molecule has 1 aromatic rings. The van der Waals surface area contributed by atoms with Crippen molar-refractivity contribution < 1.29 is 17.9 Å². The van der Waals surface area contributed by atoms with Crippen LogP contribution in [0.1, 0.15) is 12.8 Å². The van der Waals surface area contributed by atoms with Crippen LogP contribution in [0.25, 0.3) is 0 Å². The van der Waals surface area contributed by atoms with Crippen molar-refractivity contribution in [1.82, 2.24) is 0 Å². The maximum absolute atomic E-state index is 12.3. The van der Waals surface area contributed by atoms with Crippen LogP contribution in [0.3, 0.4) is 0 Å². The number of nitrogens with one attached hydrogen (secondary N) is 1. The molecule has 0 radical (unpaired) electrons. The van der Waals surface area contributed by atoms with Gasteiger partial charge in [0.2, 0.25) is 5.91 Å². The molecule has 1 amide bonds. The zero-order valence-corrected chi connectivity index (χ0v) is 13.5. The molecule has 1 aliphatic heterocycles. The molecule has 0 spiro atoms. The molecule has 0 aromatic heterocycles. The first-order chi connectivity index (χ1) is 10.0. The zero-order valence-electron chi connectivity index (χ0n) is 11.9. The van der Waals surface area contributed by atoms with Gasteiger partial charge in [-0.25, -0.2) is 8.42 Å². The highest BCUT2D eigenvalue weighted by atomic mass is 32.2. The van der Waals surface area contributed by atoms with Crippen molar-refractivity contribution in [2.45, 2.75) is 23.8 Å². The summed E-state index contributed by atoms with van der Waals surface area (Å²) in [6.07, 6.45) is 3.36. The topological polar surface area (TPSA) is 72.5 Å². The molecule has 21 heavy (non-hydrogen) atoms. The average Bonchev–Trinajstić information content (AvgIpc) is 2.91. The summed E-state index contributed by atoms with van der Waals surface area (Å²) in [6, 6.07) is 6.28. The van der Waals surface area contributed by atoms with E-state index >= 15 is 0 Å². The highest BCUT2D eigenvalue weighted by molar-refractivity contribution is 7.99. The number of benzene rings is 1. The van der Waals surface area contributed by atoms with E-state index in [1.165, 1.54) is 23.9 Å². The third-order valence-corrected chi connectivity index (χ3v) is 5.55. The number of carbonyl (C=O) groups is 1. The molecule has 1 saturated heterocycles. The SMILES string of the molecule is CSCC(=O)Nc1ccc(S(=O)(=O)C[C@H]2CCCO2)cc1. The van der Waals surface area contributed by atoms with Gasteiger partial charge in [-0.05, 0) is 43.4 Å². The zero-order chi connectivity index (χ0) is 15.3. The van der Waals surface area contributed by atoms with Gasteiger partial charge in [-0.15, -0.1) is 0 Å². The summed E-state index contributed by atoms with van der Waals surface area (Å²) in [6.45, 7) is 0.639. The predicted molar refractivity (Wildman–Crippen MR) is 84.5 cm³/mol. The van der Waals surface area contributed by atoms with Gasteiger partial charge in [0.1, 0.15) is 0 Å². The minimum atomic E-state index is -3.34. The van der Waals surface area contributed by atoms with E-state index in [1.807, 2.05) is 6.26 Å². The third kappa shape index (κ3) is 4.72. The van der Waals surface area contributed by atoms with Crippen molar-refractivity contribution in [3.8, 4) is 0 Å². The number of sulfone groups is 1. The van der Waals surface area contributed by atoms with Gasteiger partial charge in [-0.1, -0.05) is 0 Å². The average molecular weight is 329 g/mol. The summed E-state index contributed by atoms with van der Waals surface area (Å²) in [5.41, 5.74) is 0.602. The lowest BCUT2D eigenvalue weighted by Gasteiger charge is -2.11. The summed E-state index contributed by atoms with van der Waals surface area (Å²) in [5.74, 6) is 0.294. The van der Waals surface area contributed by atoms with Crippen LogP contribution in [0, 0.1) is 0 Å². The number of amides is 1. The third-order valence-electron chi connectivity index (χ3n) is 3.20. The summed E-state index contributed by atoms with van der Waals surface area (Å²) < 4.78 is 29.9. The molecule has 0 aliphatic carbocycles. The number of hydrogen-bond donors (Lipinski definition) is 1. The molecule has 0 saturated carbocycles. The molecule has 116 valence electrons. The number of hydrogen-bond acceptors (Lipinski definition) is 5. The van der Waals surface area contributed by atoms with E-state index in [2.05, 4.69) is 5.32 Å². The summed E-state index contributed by atoms with van der Waals surface area (Å²) in [5, 5.41) is 2.72. The van der Waals surface area contributed by atoms with E-state index < -0.39 is 9.84 Å². The molecular formula is C14H19NO4S2. The van der Waals surface area contributed by atoms with Crippen molar-refractivity contribution in [3.63, 3.8) is 0 Å². The van der Waals surface area contributed by atoms with Crippen molar-refractivity contribution in [3.05, 3.63) is 24.3 Å². The first-order valence-electron chi connectivity index (χ1n) is 6.74. The fraction of sp³-hybridized carbons (Fsp3) is 0.500. The van der Waals surface area contributed by atoms with Crippen LogP contribution in [0.15, 0.2) is 29.2 Å². The molecular weight excluding hydrogens is 310 g/mol. The Morgan fingerprint density at radius 1 is 1.38 bits per heavy atom. The Hall–Kier alpha value is -1.05. The number of carbonyl (C=O) groups excluding carboxylic acids is 1. The van der Waals surface area contributed by atoms with Gasteiger partial charge in [0.25, 0.3) is 0 Å². The quantitative estimate of drug-likeness (QED) is 0.863. The van der Waals surface area contributed by atoms with Crippen molar-refractivity contribution in [2.75, 3.05) is 29.7 Å². The fourth-order valence-electron chi connectivity index (χ4n) is 2.19. The minimum absolute atomic E-state index is 0.0190. The first kappa shape index (κ1) is 16.3. The van der Waals surface area contributed by atoms with E-state index in [0.717, 1.165) is 12.8 Å². The summed E-state index contributed by atoms with van der Waals surface area (Å²) in [7, 11) is -3.34. The predicted octanol–water partition coefficient (Wildman–Crippen LogP) is 1.94. The summed E-state index contributed by atoms with van der Waals surface area (Å²) >= 11 is 1.43. The molecule has 1 aromatic carbocycles. The largest absolute Gasteiger partial charge is 0.377 e. The van der Waals surface area contributed by atoms with Crippen LogP contribution in [-0.2, 0) is 19.4 Å². The molecule has 1 atom stereocenters. The monoisotopic (exact) mass is 329 g/mol. The molecule has 1 heterocycles. The molecule has 0 unspecified atom stereocenters. The molecule has 2 rings (SSSR count). The maximum atomic E-state index is 12.3. The van der Waals surface area contributed by atoms with Gasteiger partial charge in [-0.3, -0.25) is 4.79 Å². The van der Waals surface area contributed by atoms with Crippen LogP contribution in [0.4, 0.5) is 5.69 Å². The van der Waals surface area contributed by atoms with Crippen LogP contribution in [0.5, 0.6) is 0 Å². The standard InChI is InChI=1S/C14H19NO4S2/c1-20-9-14(16)15-11-4-6-13(7-5-11)21(17,18)10-12-3-2-8-19-12/h4-7,12H,2-3,8-10H2,1H3,(H,15,16)/t12-/m1/s1. The second-order valence-corrected chi connectivity index (χ2v) is 7.82. The second-order valence-electron chi connectivity index (χ2n) is 4.92. The van der Waals surface area contributed by atoms with Gasteiger partial charge < -0.3 is 10.1 Å². The molecule has 1 N–H and O–H groups in total. The first-order valence-corrected chi connectivity index (χ1v) is 9.79. The van der Waals surface area contributed by atoms with E-state index in [-0.39, 0.29) is 22.7 Å². The van der Waals surface area contributed by atoms with Gasteiger partial charge in [-0.2, -0.15) is 11.8 Å². The fourth-order valence-corrected chi connectivity index (χ4v) is 4.02. The van der Waals surface area contributed by atoms with Crippen molar-refractivity contribution >= 4 is 33.2 Å². The number of anilines is 1. The van der Waals surface area contributed by atoms with Gasteiger partial charge >= 0.3 is 0 Å². The molecule has 0 bridgehead atoms. The Balaban J connectivity index is 2.01. The maximum Gasteiger partial charge on any atom is 0.234 e. The Kier molecular flexibility index (Phi) is 5.66.